The van der Waals surface area contributed by atoms with Gasteiger partial charge in [0.1, 0.15) is 11.5 Å². The van der Waals surface area contributed by atoms with Crippen LogP contribution in [0.1, 0.15) is 28.9 Å². The second kappa shape index (κ2) is 8.25. The quantitative estimate of drug-likeness (QED) is 0.704. The Balaban J connectivity index is 1.39. The van der Waals surface area contributed by atoms with Gasteiger partial charge >= 0.3 is 6.18 Å². The number of fused-ring (bicyclic) bond motifs is 1. The molecule has 0 unspecified atom stereocenters. The summed E-state index contributed by atoms with van der Waals surface area (Å²) in [6.45, 7) is 1.99. The van der Waals surface area contributed by atoms with E-state index in [1.165, 1.54) is 24.5 Å². The smallest absolute Gasteiger partial charge is 0.356 e. The lowest BCUT2D eigenvalue weighted by atomic mass is 9.96. The SMILES string of the molecule is O=C(NCC1CCN(c2nccc3nc(C(F)(F)F)ccc23)CC1)c1cccnc1. The fraction of sp³-hybridized carbons (Fsp3) is 0.333. The van der Waals surface area contributed by atoms with Gasteiger partial charge in [-0.15, -0.1) is 0 Å². The topological polar surface area (TPSA) is 71.0 Å². The zero-order chi connectivity index (χ0) is 21.1. The second-order valence-electron chi connectivity index (χ2n) is 7.28. The highest BCUT2D eigenvalue weighted by Gasteiger charge is 2.33. The second-order valence-corrected chi connectivity index (χ2v) is 7.28. The van der Waals surface area contributed by atoms with Gasteiger partial charge in [0.2, 0.25) is 0 Å². The van der Waals surface area contributed by atoms with Crippen molar-refractivity contribution >= 4 is 22.6 Å². The summed E-state index contributed by atoms with van der Waals surface area (Å²) >= 11 is 0. The van der Waals surface area contributed by atoms with Gasteiger partial charge < -0.3 is 10.2 Å². The van der Waals surface area contributed by atoms with Crippen LogP contribution in [0.25, 0.3) is 10.9 Å². The lowest BCUT2D eigenvalue weighted by molar-refractivity contribution is -0.140. The Morgan fingerprint density at radius 3 is 2.63 bits per heavy atom. The number of halogens is 3. The molecule has 156 valence electrons. The van der Waals surface area contributed by atoms with Crippen molar-refractivity contribution in [2.75, 3.05) is 24.5 Å². The zero-order valence-corrected chi connectivity index (χ0v) is 16.1. The maximum Gasteiger partial charge on any atom is 0.433 e. The first-order valence-corrected chi connectivity index (χ1v) is 9.68. The molecule has 3 aromatic heterocycles. The lowest BCUT2D eigenvalue weighted by Gasteiger charge is -2.33. The van der Waals surface area contributed by atoms with E-state index in [2.05, 4.69) is 25.2 Å². The van der Waals surface area contributed by atoms with Gasteiger partial charge in [-0.1, -0.05) is 0 Å². The summed E-state index contributed by atoms with van der Waals surface area (Å²) in [7, 11) is 0. The minimum absolute atomic E-state index is 0.146. The predicted octanol–water partition coefficient (Wildman–Crippen LogP) is 3.69. The van der Waals surface area contributed by atoms with E-state index < -0.39 is 11.9 Å². The summed E-state index contributed by atoms with van der Waals surface area (Å²) in [5, 5.41) is 3.55. The molecule has 0 aliphatic carbocycles. The number of anilines is 1. The van der Waals surface area contributed by atoms with Crippen molar-refractivity contribution in [3.63, 3.8) is 0 Å². The van der Waals surface area contributed by atoms with Crippen molar-refractivity contribution in [2.45, 2.75) is 19.0 Å². The van der Waals surface area contributed by atoms with Crippen molar-refractivity contribution in [3.05, 3.63) is 60.2 Å². The molecule has 6 nitrogen and oxygen atoms in total. The molecule has 30 heavy (non-hydrogen) atoms. The number of rotatable bonds is 4. The molecule has 0 saturated carbocycles. The number of nitrogens with zero attached hydrogens (tertiary/aromatic N) is 4. The maximum absolute atomic E-state index is 12.9. The zero-order valence-electron chi connectivity index (χ0n) is 16.1. The minimum atomic E-state index is -4.48. The first-order valence-electron chi connectivity index (χ1n) is 9.68. The first-order chi connectivity index (χ1) is 14.4. The van der Waals surface area contributed by atoms with E-state index in [4.69, 9.17) is 0 Å². The molecule has 0 bridgehead atoms. The number of piperidine rings is 1. The number of aromatic nitrogens is 3. The van der Waals surface area contributed by atoms with E-state index in [1.54, 1.807) is 18.3 Å². The van der Waals surface area contributed by atoms with Crippen molar-refractivity contribution in [3.8, 4) is 0 Å². The van der Waals surface area contributed by atoms with Crippen LogP contribution >= 0.6 is 0 Å². The Morgan fingerprint density at radius 1 is 1.13 bits per heavy atom. The summed E-state index contributed by atoms with van der Waals surface area (Å²) in [5.41, 5.74) is -0.100. The molecule has 4 rings (SSSR count). The van der Waals surface area contributed by atoms with E-state index in [1.807, 2.05) is 0 Å². The molecular weight excluding hydrogens is 395 g/mol. The Morgan fingerprint density at radius 2 is 1.93 bits per heavy atom. The van der Waals surface area contributed by atoms with Crippen LogP contribution in [0, 0.1) is 5.92 Å². The summed E-state index contributed by atoms with van der Waals surface area (Å²) in [6.07, 6.45) is 1.86. The number of nitrogens with one attached hydrogen (secondary N) is 1. The number of hydrogen-bond acceptors (Lipinski definition) is 5. The van der Waals surface area contributed by atoms with Crippen molar-refractivity contribution in [1.82, 2.24) is 20.3 Å². The lowest BCUT2D eigenvalue weighted by Crippen LogP contribution is -2.39. The molecule has 4 heterocycles. The summed E-state index contributed by atoms with van der Waals surface area (Å²) < 4.78 is 38.8. The maximum atomic E-state index is 12.9. The normalized spacial score (nSPS) is 15.4. The fourth-order valence-electron chi connectivity index (χ4n) is 3.63. The molecule has 1 fully saturated rings. The van der Waals surface area contributed by atoms with Gasteiger partial charge in [-0.05, 0) is 49.1 Å². The number of alkyl halides is 3. The van der Waals surface area contributed by atoms with Crippen molar-refractivity contribution < 1.29 is 18.0 Å². The average Bonchev–Trinajstić information content (AvgIpc) is 2.77. The number of carbonyl (C=O) groups excluding carboxylic acids is 1. The highest BCUT2D eigenvalue weighted by atomic mass is 19.4. The van der Waals surface area contributed by atoms with Gasteiger partial charge in [0.15, 0.2) is 0 Å². The molecule has 1 aliphatic rings. The minimum Gasteiger partial charge on any atom is -0.356 e. The Kier molecular flexibility index (Phi) is 5.52. The third-order valence-electron chi connectivity index (χ3n) is 5.27. The van der Waals surface area contributed by atoms with Crippen LogP contribution in [0.2, 0.25) is 0 Å². The molecule has 1 aliphatic heterocycles. The summed E-state index contributed by atoms with van der Waals surface area (Å²) in [5.74, 6) is 0.825. The van der Waals surface area contributed by atoms with Crippen LogP contribution in [0.5, 0.6) is 0 Å². The van der Waals surface area contributed by atoms with Gasteiger partial charge in [-0.3, -0.25) is 9.78 Å². The highest BCUT2D eigenvalue weighted by Crippen LogP contribution is 2.32. The monoisotopic (exact) mass is 415 g/mol. The Hall–Kier alpha value is -3.23. The van der Waals surface area contributed by atoms with E-state index in [0.717, 1.165) is 18.9 Å². The van der Waals surface area contributed by atoms with Crippen LogP contribution in [-0.2, 0) is 6.18 Å². The number of hydrogen-bond donors (Lipinski definition) is 1. The van der Waals surface area contributed by atoms with Gasteiger partial charge in [0, 0.05) is 43.6 Å². The average molecular weight is 415 g/mol. The number of amides is 1. The van der Waals surface area contributed by atoms with Gasteiger partial charge in [0.05, 0.1) is 11.1 Å². The van der Waals surface area contributed by atoms with Crippen LogP contribution in [0.15, 0.2) is 48.9 Å². The Labute approximate surface area is 171 Å². The molecular formula is C21H20F3N5O. The van der Waals surface area contributed by atoms with Gasteiger partial charge in [-0.2, -0.15) is 13.2 Å². The van der Waals surface area contributed by atoms with Crippen LogP contribution in [0.4, 0.5) is 19.0 Å². The molecule has 1 N–H and O–H groups in total. The van der Waals surface area contributed by atoms with E-state index >= 15 is 0 Å². The van der Waals surface area contributed by atoms with Gasteiger partial charge in [0.25, 0.3) is 5.91 Å². The first kappa shape index (κ1) is 20.1. The molecule has 3 aromatic rings. The van der Waals surface area contributed by atoms with Gasteiger partial charge in [-0.25, -0.2) is 9.97 Å². The number of pyridine rings is 3. The third-order valence-corrected chi connectivity index (χ3v) is 5.27. The summed E-state index contributed by atoms with van der Waals surface area (Å²) in [4.78, 5) is 26.3. The molecule has 0 aromatic carbocycles. The summed E-state index contributed by atoms with van der Waals surface area (Å²) in [6, 6.07) is 7.36. The van der Waals surface area contributed by atoms with Crippen LogP contribution in [-0.4, -0.2) is 40.5 Å². The third kappa shape index (κ3) is 4.34. The molecule has 0 radical (unpaired) electrons. The molecule has 0 spiro atoms. The van der Waals surface area contributed by atoms with E-state index in [0.29, 0.717) is 42.3 Å². The fourth-order valence-corrected chi connectivity index (χ4v) is 3.63. The Bertz CT molecular complexity index is 1030. The largest absolute Gasteiger partial charge is 0.433 e. The van der Waals surface area contributed by atoms with Crippen LogP contribution < -0.4 is 10.2 Å². The molecule has 1 amide bonds. The predicted molar refractivity (Wildman–Crippen MR) is 106 cm³/mol. The van der Waals surface area contributed by atoms with E-state index in [-0.39, 0.29) is 11.4 Å². The molecule has 9 heteroatoms. The van der Waals surface area contributed by atoms with Crippen molar-refractivity contribution in [1.29, 1.82) is 0 Å². The van der Waals surface area contributed by atoms with E-state index in [9.17, 15) is 18.0 Å². The standard InChI is InChI=1S/C21H20F3N5O/c22-21(23,24)18-4-3-16-17(28-18)5-9-26-19(16)29-10-6-14(7-11-29)12-27-20(30)15-2-1-8-25-13-15/h1-5,8-9,13-14H,6-7,10-12H2,(H,27,30). The molecule has 0 atom stereocenters. The van der Waals surface area contributed by atoms with Crippen molar-refractivity contribution in [2.24, 2.45) is 5.92 Å². The molecule has 1 saturated heterocycles. The van der Waals surface area contributed by atoms with Crippen LogP contribution in [0.3, 0.4) is 0 Å². The number of carbonyl (C=O) groups is 1. The highest BCUT2D eigenvalue weighted by molar-refractivity contribution is 5.93.